The molecular weight excluding hydrogens is 246 g/mol. The Labute approximate surface area is 113 Å². The number of hydrogen-bond acceptors (Lipinski definition) is 5. The number of carbonyl (C=O) groups excluding carboxylic acids is 1. The number of esters is 1. The highest BCUT2D eigenvalue weighted by Gasteiger charge is 2.04. The molecule has 0 saturated heterocycles. The van der Waals surface area contributed by atoms with E-state index in [1.807, 2.05) is 0 Å². The summed E-state index contributed by atoms with van der Waals surface area (Å²) < 4.78 is 9.93. The molecular formula is C14H21NO4. The van der Waals surface area contributed by atoms with Gasteiger partial charge in [-0.25, -0.2) is 0 Å². The van der Waals surface area contributed by atoms with Crippen LogP contribution in [0.15, 0.2) is 18.2 Å². The van der Waals surface area contributed by atoms with Crippen LogP contribution >= 0.6 is 0 Å². The quantitative estimate of drug-likeness (QED) is 0.555. The van der Waals surface area contributed by atoms with Crippen LogP contribution in [-0.4, -0.2) is 31.3 Å². The Balaban J connectivity index is 2.27. The lowest BCUT2D eigenvalue weighted by molar-refractivity contribution is -0.143. The predicted octanol–water partition coefficient (Wildman–Crippen LogP) is 1.83. The van der Waals surface area contributed by atoms with E-state index in [4.69, 9.17) is 9.47 Å². The second-order valence-electron chi connectivity index (χ2n) is 4.08. The summed E-state index contributed by atoms with van der Waals surface area (Å²) in [6.07, 6.45) is 1.12. The van der Waals surface area contributed by atoms with Crippen LogP contribution in [0.25, 0.3) is 0 Å². The fourth-order valence-corrected chi connectivity index (χ4v) is 1.64. The molecule has 19 heavy (non-hydrogen) atoms. The lowest BCUT2D eigenvalue weighted by Crippen LogP contribution is -2.16. The summed E-state index contributed by atoms with van der Waals surface area (Å²) >= 11 is 0. The Hall–Kier alpha value is -1.75. The van der Waals surface area contributed by atoms with E-state index in [9.17, 15) is 9.90 Å². The molecule has 0 amide bonds. The molecule has 1 aromatic carbocycles. The van der Waals surface area contributed by atoms with Crippen molar-refractivity contribution in [2.45, 2.75) is 26.3 Å². The molecule has 1 aromatic rings. The van der Waals surface area contributed by atoms with Crippen LogP contribution in [-0.2, 0) is 16.1 Å². The van der Waals surface area contributed by atoms with Gasteiger partial charge in [0.15, 0.2) is 0 Å². The van der Waals surface area contributed by atoms with E-state index in [1.54, 1.807) is 32.2 Å². The summed E-state index contributed by atoms with van der Waals surface area (Å²) in [6, 6.07) is 5.10. The maximum atomic E-state index is 11.1. The van der Waals surface area contributed by atoms with Crippen LogP contribution in [0.5, 0.6) is 11.5 Å². The van der Waals surface area contributed by atoms with Gasteiger partial charge in [-0.15, -0.1) is 0 Å². The summed E-state index contributed by atoms with van der Waals surface area (Å²) in [5.41, 5.74) is 0.774. The van der Waals surface area contributed by atoms with E-state index < -0.39 is 0 Å². The average Bonchev–Trinajstić information content (AvgIpc) is 2.40. The molecule has 0 aliphatic carbocycles. The van der Waals surface area contributed by atoms with Gasteiger partial charge < -0.3 is 19.9 Å². The van der Waals surface area contributed by atoms with Crippen LogP contribution < -0.4 is 10.1 Å². The normalized spacial score (nSPS) is 10.2. The first kappa shape index (κ1) is 15.3. The molecule has 0 aliphatic heterocycles. The number of nitrogens with one attached hydrogen (secondary N) is 1. The average molecular weight is 267 g/mol. The molecule has 0 saturated carbocycles. The fourth-order valence-electron chi connectivity index (χ4n) is 1.64. The van der Waals surface area contributed by atoms with Crippen molar-refractivity contribution in [1.82, 2.24) is 5.32 Å². The molecule has 0 spiro atoms. The second-order valence-corrected chi connectivity index (χ2v) is 4.08. The lowest BCUT2D eigenvalue weighted by Gasteiger charge is -2.08. The van der Waals surface area contributed by atoms with E-state index in [0.717, 1.165) is 5.56 Å². The van der Waals surface area contributed by atoms with Gasteiger partial charge >= 0.3 is 5.97 Å². The van der Waals surface area contributed by atoms with Crippen LogP contribution in [0.4, 0.5) is 0 Å². The van der Waals surface area contributed by atoms with Crippen LogP contribution in [0, 0.1) is 0 Å². The Morgan fingerprint density at radius 1 is 1.42 bits per heavy atom. The maximum Gasteiger partial charge on any atom is 0.305 e. The minimum Gasteiger partial charge on any atom is -0.508 e. The monoisotopic (exact) mass is 267 g/mol. The number of methoxy groups -OCH3 is 1. The molecule has 0 aromatic heterocycles. The summed E-state index contributed by atoms with van der Waals surface area (Å²) in [5.74, 6) is 0.772. The Bertz CT molecular complexity index is 406. The molecule has 2 N–H and O–H groups in total. The van der Waals surface area contributed by atoms with E-state index in [0.29, 0.717) is 38.3 Å². The highest BCUT2D eigenvalue weighted by molar-refractivity contribution is 5.69. The number of carbonyl (C=O) groups is 1. The van der Waals surface area contributed by atoms with E-state index in [1.165, 1.54) is 0 Å². The van der Waals surface area contributed by atoms with Crippen LogP contribution in [0.2, 0.25) is 0 Å². The molecule has 0 unspecified atom stereocenters. The van der Waals surface area contributed by atoms with Crippen molar-refractivity contribution in [2.24, 2.45) is 0 Å². The third kappa shape index (κ3) is 5.61. The molecule has 0 radical (unpaired) electrons. The van der Waals surface area contributed by atoms with Gasteiger partial charge in [-0.1, -0.05) is 0 Å². The van der Waals surface area contributed by atoms with Gasteiger partial charge in [-0.05, 0) is 38.1 Å². The second kappa shape index (κ2) is 8.37. The standard InChI is InChI=1S/C14H21NO4/c1-3-19-14(17)5-4-8-15-10-11-9-12(18-2)6-7-13(11)16/h6-7,9,15-16H,3-5,8,10H2,1-2H3. The molecule has 0 bridgehead atoms. The molecule has 106 valence electrons. The predicted molar refractivity (Wildman–Crippen MR) is 72.2 cm³/mol. The van der Waals surface area contributed by atoms with Crippen molar-refractivity contribution in [3.63, 3.8) is 0 Å². The van der Waals surface area contributed by atoms with Crippen molar-refractivity contribution in [2.75, 3.05) is 20.3 Å². The van der Waals surface area contributed by atoms with Crippen molar-refractivity contribution in [1.29, 1.82) is 0 Å². The Morgan fingerprint density at radius 2 is 2.21 bits per heavy atom. The zero-order chi connectivity index (χ0) is 14.1. The van der Waals surface area contributed by atoms with Gasteiger partial charge in [-0.2, -0.15) is 0 Å². The molecule has 0 heterocycles. The van der Waals surface area contributed by atoms with Crippen molar-refractivity contribution in [3.05, 3.63) is 23.8 Å². The highest BCUT2D eigenvalue weighted by atomic mass is 16.5. The summed E-state index contributed by atoms with van der Waals surface area (Å²) in [5, 5.41) is 12.8. The first-order valence-electron chi connectivity index (χ1n) is 6.39. The largest absolute Gasteiger partial charge is 0.508 e. The fraction of sp³-hybridized carbons (Fsp3) is 0.500. The minimum atomic E-state index is -0.173. The third-order valence-corrected chi connectivity index (χ3v) is 2.64. The molecule has 5 nitrogen and oxygen atoms in total. The molecule has 0 aliphatic rings. The van der Waals surface area contributed by atoms with E-state index in [2.05, 4.69) is 5.32 Å². The lowest BCUT2D eigenvalue weighted by atomic mass is 10.2. The number of aromatic hydroxyl groups is 1. The number of hydrogen-bond donors (Lipinski definition) is 2. The first-order valence-corrected chi connectivity index (χ1v) is 6.39. The van der Waals surface area contributed by atoms with Crippen LogP contribution in [0.1, 0.15) is 25.3 Å². The van der Waals surface area contributed by atoms with E-state index >= 15 is 0 Å². The summed E-state index contributed by atoms with van der Waals surface area (Å²) in [4.78, 5) is 11.1. The zero-order valence-corrected chi connectivity index (χ0v) is 11.4. The van der Waals surface area contributed by atoms with Gasteiger partial charge in [0, 0.05) is 18.5 Å². The Morgan fingerprint density at radius 3 is 2.89 bits per heavy atom. The Kier molecular flexibility index (Phi) is 6.74. The topological polar surface area (TPSA) is 67.8 Å². The maximum absolute atomic E-state index is 11.1. The van der Waals surface area contributed by atoms with Crippen molar-refractivity contribution < 1.29 is 19.4 Å². The van der Waals surface area contributed by atoms with E-state index in [-0.39, 0.29) is 11.7 Å². The van der Waals surface area contributed by atoms with Crippen molar-refractivity contribution in [3.8, 4) is 11.5 Å². The first-order chi connectivity index (χ1) is 9.17. The van der Waals surface area contributed by atoms with Gasteiger partial charge in [0.25, 0.3) is 0 Å². The molecule has 5 heteroatoms. The van der Waals surface area contributed by atoms with Gasteiger partial charge in [0.05, 0.1) is 13.7 Å². The number of phenols is 1. The van der Waals surface area contributed by atoms with Crippen LogP contribution in [0.3, 0.4) is 0 Å². The van der Waals surface area contributed by atoms with Gasteiger partial charge in [0.1, 0.15) is 11.5 Å². The smallest absolute Gasteiger partial charge is 0.305 e. The van der Waals surface area contributed by atoms with Crippen molar-refractivity contribution >= 4 is 5.97 Å². The van der Waals surface area contributed by atoms with Gasteiger partial charge in [-0.3, -0.25) is 4.79 Å². The third-order valence-electron chi connectivity index (χ3n) is 2.64. The number of benzene rings is 1. The molecule has 0 atom stereocenters. The number of ether oxygens (including phenoxy) is 2. The SMILES string of the molecule is CCOC(=O)CCCNCc1cc(OC)ccc1O. The number of phenolic OH excluding ortho intramolecular Hbond substituents is 1. The minimum absolute atomic E-state index is 0.173. The summed E-state index contributed by atoms with van der Waals surface area (Å²) in [7, 11) is 1.59. The highest BCUT2D eigenvalue weighted by Crippen LogP contribution is 2.22. The summed E-state index contributed by atoms with van der Waals surface area (Å²) in [6.45, 7) is 3.44. The zero-order valence-electron chi connectivity index (χ0n) is 11.4. The molecule has 1 rings (SSSR count). The van der Waals surface area contributed by atoms with Gasteiger partial charge in [0.2, 0.25) is 0 Å². The molecule has 0 fully saturated rings. The number of rotatable bonds is 8.